The average molecular weight is 110 g/mol. The normalized spacial score (nSPS) is 7.17. The Morgan fingerprint density at radius 1 is 1.50 bits per heavy atom. The molecule has 0 amide bonds. The summed E-state index contributed by atoms with van der Waals surface area (Å²) in [4.78, 5) is 9.38. The Labute approximate surface area is 80.9 Å². The quantitative estimate of drug-likeness (QED) is 0.275. The predicted molar refractivity (Wildman–Crippen MR) is 20.5 cm³/mol. The molecule has 0 atom stereocenters. The predicted octanol–water partition coefficient (Wildman–Crippen LogP) is -2.24. The van der Waals surface area contributed by atoms with Gasteiger partial charge in [0.05, 0.1) is 0 Å². The van der Waals surface area contributed by atoms with Gasteiger partial charge in [-0.1, -0.05) is 13.8 Å². The van der Waals surface area contributed by atoms with Gasteiger partial charge in [-0.05, 0) is 0 Å². The van der Waals surface area contributed by atoms with Crippen LogP contribution in [-0.4, -0.2) is 6.29 Å². The Morgan fingerprint density at radius 2 is 1.67 bits per heavy atom. The van der Waals surface area contributed by atoms with Crippen molar-refractivity contribution >= 4 is 6.29 Å². The first-order valence-electron chi connectivity index (χ1n) is 1.65. The second kappa shape index (κ2) is 6.31. The third kappa shape index (κ3) is 9.00. The Hall–Kier alpha value is 1.31. The second-order valence-electron chi connectivity index (χ2n) is 1.27. The molecule has 0 N–H and O–H groups in total. The van der Waals surface area contributed by atoms with Gasteiger partial charge in [-0.25, -0.2) is 0 Å². The Kier molecular flexibility index (Phi) is 10.8. The van der Waals surface area contributed by atoms with Crippen molar-refractivity contribution < 1.29 is 56.2 Å². The van der Waals surface area contributed by atoms with Gasteiger partial charge in [-0.2, -0.15) is 0 Å². The largest absolute Gasteiger partial charge is 1.00 e. The summed E-state index contributed by atoms with van der Waals surface area (Å²) in [5, 5.41) is 0. The van der Waals surface area contributed by atoms with Crippen LogP contribution in [0.5, 0.6) is 0 Å². The third-order valence-corrected chi connectivity index (χ3v) is 0.236. The van der Waals surface area contributed by atoms with Crippen LogP contribution in [0.3, 0.4) is 0 Å². The van der Waals surface area contributed by atoms with Crippen LogP contribution in [0.15, 0.2) is 0 Å². The van der Waals surface area contributed by atoms with Gasteiger partial charge in [-0.3, -0.25) is 6.29 Å². The molecule has 0 aliphatic rings. The molecular formula is C4H7KO. The molecule has 0 aromatic carbocycles. The van der Waals surface area contributed by atoms with Crippen LogP contribution in [0.2, 0.25) is 0 Å². The molecule has 6 heavy (non-hydrogen) atoms. The fourth-order valence-corrected chi connectivity index (χ4v) is 0. The van der Waals surface area contributed by atoms with Gasteiger partial charge in [0.25, 0.3) is 0 Å². The van der Waals surface area contributed by atoms with Gasteiger partial charge in [0.15, 0.2) is 0 Å². The van der Waals surface area contributed by atoms with E-state index in [1.807, 2.05) is 0 Å². The minimum absolute atomic E-state index is 0. The molecule has 0 bridgehead atoms. The number of rotatable bonds is 1. The minimum Gasteiger partial charge on any atom is -0.542 e. The van der Waals surface area contributed by atoms with Crippen LogP contribution in [0, 0.1) is 5.92 Å². The molecule has 0 aliphatic carbocycles. The molecule has 2 heteroatoms. The zero-order valence-corrected chi connectivity index (χ0v) is 7.61. The summed E-state index contributed by atoms with van der Waals surface area (Å²) in [6, 6.07) is 0. The van der Waals surface area contributed by atoms with E-state index in [-0.39, 0.29) is 57.3 Å². The van der Waals surface area contributed by atoms with Crippen LogP contribution < -0.4 is 51.4 Å². The number of hydrogen-bond acceptors (Lipinski definition) is 1. The maximum absolute atomic E-state index is 9.38. The summed E-state index contributed by atoms with van der Waals surface area (Å²) < 4.78 is 0. The van der Waals surface area contributed by atoms with Crippen molar-refractivity contribution in [1.82, 2.24) is 0 Å². The summed E-state index contributed by atoms with van der Waals surface area (Å²) in [6.07, 6.45) is 1.78. The first-order chi connectivity index (χ1) is 2.27. The van der Waals surface area contributed by atoms with E-state index in [1.165, 1.54) is 0 Å². The second-order valence-corrected chi connectivity index (χ2v) is 1.27. The smallest absolute Gasteiger partial charge is 0.542 e. The maximum atomic E-state index is 9.38. The van der Waals surface area contributed by atoms with E-state index in [2.05, 4.69) is 0 Å². The van der Waals surface area contributed by atoms with E-state index in [4.69, 9.17) is 0 Å². The van der Waals surface area contributed by atoms with Crippen molar-refractivity contribution in [2.24, 2.45) is 5.92 Å². The van der Waals surface area contributed by atoms with Crippen LogP contribution in [0.4, 0.5) is 0 Å². The molecule has 0 saturated heterocycles. The van der Waals surface area contributed by atoms with E-state index in [0.717, 1.165) is 0 Å². The monoisotopic (exact) mass is 110 g/mol. The topological polar surface area (TPSA) is 17.1 Å². The van der Waals surface area contributed by atoms with E-state index in [1.54, 1.807) is 20.1 Å². The molecule has 30 valence electrons. The van der Waals surface area contributed by atoms with Crippen LogP contribution in [0.1, 0.15) is 13.8 Å². The molecule has 0 rings (SSSR count). The Morgan fingerprint density at radius 3 is 1.67 bits per heavy atom. The minimum atomic E-state index is 0. The molecule has 0 heterocycles. The van der Waals surface area contributed by atoms with Crippen LogP contribution in [0.25, 0.3) is 0 Å². The third-order valence-electron chi connectivity index (χ3n) is 0.236. The van der Waals surface area contributed by atoms with Crippen molar-refractivity contribution in [2.75, 3.05) is 0 Å². The average Bonchev–Trinajstić information content (AvgIpc) is 1.38. The van der Waals surface area contributed by atoms with E-state index >= 15 is 0 Å². The zero-order valence-electron chi connectivity index (χ0n) is 4.49. The summed E-state index contributed by atoms with van der Waals surface area (Å²) in [5.74, 6) is 0.0787. The molecule has 0 aromatic rings. The first-order valence-corrected chi connectivity index (χ1v) is 1.65. The fourth-order valence-electron chi connectivity index (χ4n) is 0. The van der Waals surface area contributed by atoms with Crippen molar-refractivity contribution in [3.05, 3.63) is 0 Å². The molecule has 0 unspecified atom stereocenters. The van der Waals surface area contributed by atoms with E-state index in [0.29, 0.717) is 0 Å². The fraction of sp³-hybridized carbons (Fsp3) is 0.750. The number of carbonyl (C=O) groups excluding carboxylic acids is 1. The summed E-state index contributed by atoms with van der Waals surface area (Å²) in [7, 11) is 0. The molecule has 1 nitrogen and oxygen atoms in total. The van der Waals surface area contributed by atoms with Gasteiger partial charge >= 0.3 is 51.4 Å². The molecule has 0 saturated carbocycles. The summed E-state index contributed by atoms with van der Waals surface area (Å²) in [5.41, 5.74) is 0. The van der Waals surface area contributed by atoms with Crippen molar-refractivity contribution in [2.45, 2.75) is 13.8 Å². The molecule has 0 aromatic heterocycles. The van der Waals surface area contributed by atoms with Crippen LogP contribution >= 0.6 is 0 Å². The van der Waals surface area contributed by atoms with Gasteiger partial charge < -0.3 is 4.79 Å². The SMILES string of the molecule is CC(C)[C-]=O.[K+]. The Bertz CT molecular complexity index is 34.5. The van der Waals surface area contributed by atoms with Gasteiger partial charge in [-0.15, -0.1) is 5.92 Å². The zero-order chi connectivity index (χ0) is 4.28. The summed E-state index contributed by atoms with van der Waals surface area (Å²) in [6.45, 7) is 3.60. The maximum Gasteiger partial charge on any atom is 1.00 e. The molecule has 0 aliphatic heterocycles. The van der Waals surface area contributed by atoms with Gasteiger partial charge in [0, 0.05) is 0 Å². The number of hydrogen-bond donors (Lipinski definition) is 0. The summed E-state index contributed by atoms with van der Waals surface area (Å²) >= 11 is 0. The first kappa shape index (κ1) is 10.3. The molecule has 0 fully saturated rings. The van der Waals surface area contributed by atoms with Gasteiger partial charge in [0.2, 0.25) is 0 Å². The van der Waals surface area contributed by atoms with Crippen molar-refractivity contribution in [1.29, 1.82) is 0 Å². The van der Waals surface area contributed by atoms with Crippen LogP contribution in [-0.2, 0) is 4.79 Å². The van der Waals surface area contributed by atoms with Crippen molar-refractivity contribution in [3.8, 4) is 0 Å². The molecule has 0 radical (unpaired) electrons. The van der Waals surface area contributed by atoms with Gasteiger partial charge in [0.1, 0.15) is 0 Å². The van der Waals surface area contributed by atoms with E-state index < -0.39 is 0 Å². The Balaban J connectivity index is 0. The standard InChI is InChI=1S/C4H7O.K/c1-4(2)3-5;/h4H,1-2H3;/q-1;+1. The molecular weight excluding hydrogens is 103 g/mol. The van der Waals surface area contributed by atoms with Crippen molar-refractivity contribution in [3.63, 3.8) is 0 Å². The van der Waals surface area contributed by atoms with E-state index in [9.17, 15) is 4.79 Å². The molecule has 0 spiro atoms.